The summed E-state index contributed by atoms with van der Waals surface area (Å²) in [5.74, 6) is -0.704. The first-order valence-electron chi connectivity index (χ1n) is 8.75. The molecule has 1 saturated heterocycles. The summed E-state index contributed by atoms with van der Waals surface area (Å²) in [5.41, 5.74) is 2.77. The fraction of sp³-hybridized carbons (Fsp3) is 0.350. The molecule has 0 unspecified atom stereocenters. The molecule has 0 spiro atoms. The van der Waals surface area contributed by atoms with Crippen molar-refractivity contribution in [2.45, 2.75) is 13.5 Å². The van der Waals surface area contributed by atoms with Gasteiger partial charge in [0.05, 0.1) is 12.2 Å². The number of aryl methyl sites for hydroxylation is 1. The zero-order chi connectivity index (χ0) is 18.5. The lowest BCUT2D eigenvalue weighted by Crippen LogP contribution is -2.48. The van der Waals surface area contributed by atoms with Crippen LogP contribution in [0.1, 0.15) is 11.1 Å². The van der Waals surface area contributed by atoms with Crippen LogP contribution in [0.4, 0.5) is 10.1 Å². The van der Waals surface area contributed by atoms with E-state index in [4.69, 9.17) is 11.6 Å². The Balaban J connectivity index is 1.47. The summed E-state index contributed by atoms with van der Waals surface area (Å²) < 4.78 is 13.7. The van der Waals surface area contributed by atoms with Crippen molar-refractivity contribution in [3.05, 3.63) is 64.4 Å². The first-order valence-corrected chi connectivity index (χ1v) is 9.13. The van der Waals surface area contributed by atoms with Gasteiger partial charge in [-0.15, -0.1) is 0 Å². The van der Waals surface area contributed by atoms with E-state index in [-0.39, 0.29) is 18.1 Å². The third-order valence-corrected chi connectivity index (χ3v) is 4.92. The van der Waals surface area contributed by atoms with E-state index >= 15 is 0 Å². The van der Waals surface area contributed by atoms with Crippen molar-refractivity contribution >= 4 is 23.2 Å². The minimum Gasteiger partial charge on any atom is -0.322 e. The second-order valence-electron chi connectivity index (χ2n) is 6.65. The molecule has 0 atom stereocenters. The molecule has 1 N–H and O–H groups in total. The van der Waals surface area contributed by atoms with Gasteiger partial charge in [0.2, 0.25) is 5.91 Å². The van der Waals surface area contributed by atoms with Crippen LogP contribution in [-0.4, -0.2) is 48.4 Å². The van der Waals surface area contributed by atoms with Crippen molar-refractivity contribution < 1.29 is 9.18 Å². The molecule has 0 radical (unpaired) electrons. The van der Waals surface area contributed by atoms with Gasteiger partial charge >= 0.3 is 0 Å². The van der Waals surface area contributed by atoms with Gasteiger partial charge in [-0.05, 0) is 36.2 Å². The van der Waals surface area contributed by atoms with E-state index in [1.807, 2.05) is 0 Å². The van der Waals surface area contributed by atoms with Gasteiger partial charge in [0.15, 0.2) is 0 Å². The van der Waals surface area contributed by atoms with Gasteiger partial charge < -0.3 is 5.32 Å². The molecule has 1 amide bonds. The van der Waals surface area contributed by atoms with Gasteiger partial charge in [-0.3, -0.25) is 14.6 Å². The molecule has 1 aliphatic rings. The Kier molecular flexibility index (Phi) is 6.25. The van der Waals surface area contributed by atoms with Crippen LogP contribution in [0, 0.1) is 12.7 Å². The molecule has 3 rings (SSSR count). The van der Waals surface area contributed by atoms with E-state index in [2.05, 4.69) is 46.3 Å². The summed E-state index contributed by atoms with van der Waals surface area (Å²) >= 11 is 5.85. The number of carbonyl (C=O) groups excluding carboxylic acids is 1. The number of hydrogen-bond acceptors (Lipinski definition) is 3. The monoisotopic (exact) mass is 375 g/mol. The summed E-state index contributed by atoms with van der Waals surface area (Å²) in [4.78, 5) is 16.7. The van der Waals surface area contributed by atoms with Crippen molar-refractivity contribution in [2.24, 2.45) is 0 Å². The van der Waals surface area contributed by atoms with E-state index in [9.17, 15) is 9.18 Å². The number of rotatable bonds is 5. The van der Waals surface area contributed by atoms with E-state index in [0.717, 1.165) is 32.7 Å². The zero-order valence-corrected chi connectivity index (χ0v) is 15.6. The molecule has 1 aliphatic heterocycles. The molecule has 0 bridgehead atoms. The number of halogens is 2. The number of carbonyl (C=O) groups is 1. The lowest BCUT2D eigenvalue weighted by Gasteiger charge is -2.34. The maximum absolute atomic E-state index is 13.7. The predicted octanol–water partition coefficient (Wildman–Crippen LogP) is 3.54. The maximum atomic E-state index is 13.7. The molecule has 6 heteroatoms. The summed E-state index contributed by atoms with van der Waals surface area (Å²) in [6, 6.07) is 12.5. The van der Waals surface area contributed by atoms with Crippen LogP contribution in [0.3, 0.4) is 0 Å². The third kappa shape index (κ3) is 5.04. The van der Waals surface area contributed by atoms with Crippen LogP contribution in [0.5, 0.6) is 0 Å². The SMILES string of the molecule is Cc1ccccc1CN1CCN(CC(=O)Nc2cc(Cl)ccc2F)CC1. The molecule has 26 heavy (non-hydrogen) atoms. The average Bonchev–Trinajstić information content (AvgIpc) is 2.62. The highest BCUT2D eigenvalue weighted by Crippen LogP contribution is 2.19. The van der Waals surface area contributed by atoms with Gasteiger partial charge in [-0.2, -0.15) is 0 Å². The van der Waals surface area contributed by atoms with Crippen molar-refractivity contribution in [3.8, 4) is 0 Å². The molecule has 1 heterocycles. The normalized spacial score (nSPS) is 15.8. The molecular formula is C20H23ClFN3O. The van der Waals surface area contributed by atoms with E-state index in [1.165, 1.54) is 29.3 Å². The van der Waals surface area contributed by atoms with E-state index < -0.39 is 5.82 Å². The van der Waals surface area contributed by atoms with Crippen molar-refractivity contribution in [3.63, 3.8) is 0 Å². The quantitative estimate of drug-likeness (QED) is 0.868. The van der Waals surface area contributed by atoms with Gasteiger partial charge in [-0.1, -0.05) is 35.9 Å². The molecule has 138 valence electrons. The van der Waals surface area contributed by atoms with E-state index in [1.54, 1.807) is 0 Å². The summed E-state index contributed by atoms with van der Waals surface area (Å²) in [6.45, 7) is 6.77. The lowest BCUT2D eigenvalue weighted by molar-refractivity contribution is -0.117. The molecular weight excluding hydrogens is 353 g/mol. The molecule has 2 aromatic rings. The molecule has 2 aromatic carbocycles. The number of nitrogens with one attached hydrogen (secondary N) is 1. The number of benzene rings is 2. The Labute approximate surface area is 158 Å². The maximum Gasteiger partial charge on any atom is 0.238 e. The Morgan fingerprint density at radius 3 is 2.54 bits per heavy atom. The highest BCUT2D eigenvalue weighted by atomic mass is 35.5. The first kappa shape index (κ1) is 18.8. The van der Waals surface area contributed by atoms with Crippen molar-refractivity contribution in [2.75, 3.05) is 38.0 Å². The predicted molar refractivity (Wildman–Crippen MR) is 103 cm³/mol. The highest BCUT2D eigenvalue weighted by molar-refractivity contribution is 6.30. The van der Waals surface area contributed by atoms with E-state index in [0.29, 0.717) is 5.02 Å². The third-order valence-electron chi connectivity index (χ3n) is 4.69. The first-order chi connectivity index (χ1) is 12.5. The number of hydrogen-bond donors (Lipinski definition) is 1. The molecule has 1 fully saturated rings. The fourth-order valence-electron chi connectivity index (χ4n) is 3.12. The van der Waals surface area contributed by atoms with Crippen LogP contribution >= 0.6 is 11.6 Å². The highest BCUT2D eigenvalue weighted by Gasteiger charge is 2.20. The van der Waals surface area contributed by atoms with Crippen LogP contribution in [-0.2, 0) is 11.3 Å². The van der Waals surface area contributed by atoms with Crippen LogP contribution in [0.15, 0.2) is 42.5 Å². The second kappa shape index (κ2) is 8.62. The summed E-state index contributed by atoms with van der Waals surface area (Å²) in [5, 5.41) is 3.00. The Hall–Kier alpha value is -1.95. The number of anilines is 1. The van der Waals surface area contributed by atoms with Crippen LogP contribution < -0.4 is 5.32 Å². The van der Waals surface area contributed by atoms with Crippen LogP contribution in [0.2, 0.25) is 5.02 Å². The summed E-state index contributed by atoms with van der Waals surface area (Å²) in [6.07, 6.45) is 0. The minimum atomic E-state index is -0.481. The Morgan fingerprint density at radius 1 is 1.12 bits per heavy atom. The Bertz CT molecular complexity index is 775. The minimum absolute atomic E-state index is 0.126. The number of nitrogens with zero attached hydrogens (tertiary/aromatic N) is 2. The van der Waals surface area contributed by atoms with Crippen molar-refractivity contribution in [1.82, 2.24) is 9.80 Å². The smallest absolute Gasteiger partial charge is 0.238 e. The number of piperazine rings is 1. The molecule has 0 aromatic heterocycles. The van der Waals surface area contributed by atoms with Gasteiger partial charge in [0.1, 0.15) is 5.82 Å². The number of amides is 1. The second-order valence-corrected chi connectivity index (χ2v) is 7.09. The average molecular weight is 376 g/mol. The summed E-state index contributed by atoms with van der Waals surface area (Å²) in [7, 11) is 0. The standard InChI is InChI=1S/C20H23ClFN3O/c1-15-4-2-3-5-16(15)13-24-8-10-25(11-9-24)14-20(26)23-19-12-17(21)6-7-18(19)22/h2-7,12H,8-11,13-14H2,1H3,(H,23,26). The zero-order valence-electron chi connectivity index (χ0n) is 14.8. The van der Waals surface area contributed by atoms with Gasteiger partial charge in [0.25, 0.3) is 0 Å². The van der Waals surface area contributed by atoms with Crippen molar-refractivity contribution in [1.29, 1.82) is 0 Å². The van der Waals surface area contributed by atoms with Crippen LogP contribution in [0.25, 0.3) is 0 Å². The fourth-order valence-corrected chi connectivity index (χ4v) is 3.29. The topological polar surface area (TPSA) is 35.6 Å². The molecule has 0 saturated carbocycles. The van der Waals surface area contributed by atoms with Gasteiger partial charge in [0, 0.05) is 37.7 Å². The molecule has 0 aliphatic carbocycles. The van der Waals surface area contributed by atoms with Gasteiger partial charge in [-0.25, -0.2) is 4.39 Å². The molecule has 4 nitrogen and oxygen atoms in total. The largest absolute Gasteiger partial charge is 0.322 e. The Morgan fingerprint density at radius 2 is 1.81 bits per heavy atom. The lowest BCUT2D eigenvalue weighted by atomic mass is 10.1.